The fourth-order valence-corrected chi connectivity index (χ4v) is 2.87. The summed E-state index contributed by atoms with van der Waals surface area (Å²) in [7, 11) is 0. The van der Waals surface area contributed by atoms with Gasteiger partial charge in [-0.1, -0.05) is 42.5 Å². The van der Waals surface area contributed by atoms with E-state index in [2.05, 4.69) is 60.0 Å². The SMILES string of the molecule is C[C@@H](NC1CCNC1)c1cccc2ccccc12.Cl.Cl. The molecule has 2 aromatic rings. The Kier molecular flexibility index (Phi) is 6.77. The van der Waals surface area contributed by atoms with Crippen LogP contribution in [0.4, 0.5) is 0 Å². The lowest BCUT2D eigenvalue weighted by Gasteiger charge is -2.20. The standard InChI is InChI=1S/C16H20N2.2ClH/c1-12(18-14-9-10-17-11-14)15-8-4-6-13-5-2-3-7-16(13)15;;/h2-8,12,14,17-18H,9-11H2,1H3;2*1H/t12-,14?;;/m1../s1. The molecule has 2 aromatic carbocycles. The van der Waals surface area contributed by atoms with Gasteiger partial charge in [-0.15, -0.1) is 24.8 Å². The van der Waals surface area contributed by atoms with Crippen molar-refractivity contribution in [2.24, 2.45) is 0 Å². The van der Waals surface area contributed by atoms with Gasteiger partial charge in [0, 0.05) is 18.6 Å². The molecule has 2 nitrogen and oxygen atoms in total. The highest BCUT2D eigenvalue weighted by Crippen LogP contribution is 2.24. The Morgan fingerprint density at radius 1 is 1.10 bits per heavy atom. The summed E-state index contributed by atoms with van der Waals surface area (Å²) in [5.41, 5.74) is 1.40. The van der Waals surface area contributed by atoms with Crippen LogP contribution in [-0.2, 0) is 0 Å². The zero-order chi connectivity index (χ0) is 12.4. The van der Waals surface area contributed by atoms with E-state index in [1.54, 1.807) is 0 Å². The van der Waals surface area contributed by atoms with Gasteiger partial charge in [0.15, 0.2) is 0 Å². The molecule has 1 fully saturated rings. The molecule has 1 saturated heterocycles. The Bertz CT molecular complexity index is 533. The van der Waals surface area contributed by atoms with Crippen LogP contribution in [-0.4, -0.2) is 19.1 Å². The van der Waals surface area contributed by atoms with Crippen LogP contribution in [0.1, 0.15) is 24.9 Å². The van der Waals surface area contributed by atoms with Gasteiger partial charge in [0.25, 0.3) is 0 Å². The number of nitrogens with one attached hydrogen (secondary N) is 2. The van der Waals surface area contributed by atoms with Gasteiger partial charge in [0.1, 0.15) is 0 Å². The predicted octanol–water partition coefficient (Wildman–Crippen LogP) is 3.70. The molecule has 0 saturated carbocycles. The second-order valence-corrected chi connectivity index (χ2v) is 5.15. The van der Waals surface area contributed by atoms with Gasteiger partial charge in [-0.2, -0.15) is 0 Å². The van der Waals surface area contributed by atoms with Gasteiger partial charge >= 0.3 is 0 Å². The summed E-state index contributed by atoms with van der Waals surface area (Å²) in [4.78, 5) is 0. The van der Waals surface area contributed by atoms with Crippen molar-refractivity contribution in [3.8, 4) is 0 Å². The van der Waals surface area contributed by atoms with Crippen molar-refractivity contribution >= 4 is 35.6 Å². The average molecular weight is 313 g/mol. The number of rotatable bonds is 3. The first kappa shape index (κ1) is 17.3. The van der Waals surface area contributed by atoms with Crippen molar-refractivity contribution in [2.75, 3.05) is 13.1 Å². The molecule has 2 atom stereocenters. The van der Waals surface area contributed by atoms with Crippen LogP contribution in [0.15, 0.2) is 42.5 Å². The van der Waals surface area contributed by atoms with Gasteiger partial charge < -0.3 is 10.6 Å². The summed E-state index contributed by atoms with van der Waals surface area (Å²) in [6, 6.07) is 16.2. The number of hydrogen-bond donors (Lipinski definition) is 2. The van der Waals surface area contributed by atoms with E-state index < -0.39 is 0 Å². The van der Waals surface area contributed by atoms with E-state index in [4.69, 9.17) is 0 Å². The van der Waals surface area contributed by atoms with Crippen molar-refractivity contribution in [3.63, 3.8) is 0 Å². The van der Waals surface area contributed by atoms with Gasteiger partial charge in [-0.05, 0) is 36.2 Å². The van der Waals surface area contributed by atoms with Crippen LogP contribution in [0.3, 0.4) is 0 Å². The summed E-state index contributed by atoms with van der Waals surface area (Å²) in [5.74, 6) is 0. The Hall–Kier alpha value is -0.800. The fourth-order valence-electron chi connectivity index (χ4n) is 2.87. The highest BCUT2D eigenvalue weighted by molar-refractivity contribution is 5.86. The number of benzene rings is 2. The lowest BCUT2D eigenvalue weighted by Crippen LogP contribution is -2.33. The molecule has 0 spiro atoms. The van der Waals surface area contributed by atoms with Crippen molar-refractivity contribution in [2.45, 2.75) is 25.4 Å². The third-order valence-electron chi connectivity index (χ3n) is 3.84. The minimum absolute atomic E-state index is 0. The summed E-state index contributed by atoms with van der Waals surface area (Å²) in [5, 5.41) is 9.82. The molecule has 1 aliphatic rings. The predicted molar refractivity (Wildman–Crippen MR) is 91.3 cm³/mol. The van der Waals surface area contributed by atoms with Gasteiger partial charge in [-0.3, -0.25) is 0 Å². The van der Waals surface area contributed by atoms with E-state index in [1.807, 2.05) is 0 Å². The molecule has 0 aliphatic carbocycles. The van der Waals surface area contributed by atoms with E-state index in [9.17, 15) is 0 Å². The summed E-state index contributed by atoms with van der Waals surface area (Å²) in [6.45, 7) is 4.50. The van der Waals surface area contributed by atoms with Crippen LogP contribution < -0.4 is 10.6 Å². The van der Waals surface area contributed by atoms with Crippen molar-refractivity contribution in [3.05, 3.63) is 48.0 Å². The summed E-state index contributed by atoms with van der Waals surface area (Å²) < 4.78 is 0. The molecule has 1 heterocycles. The largest absolute Gasteiger partial charge is 0.315 e. The average Bonchev–Trinajstić information content (AvgIpc) is 2.91. The first-order chi connectivity index (χ1) is 8.84. The van der Waals surface area contributed by atoms with E-state index in [1.165, 1.54) is 22.8 Å². The maximum atomic E-state index is 3.72. The number of hydrogen-bond acceptors (Lipinski definition) is 2. The monoisotopic (exact) mass is 312 g/mol. The van der Waals surface area contributed by atoms with E-state index in [-0.39, 0.29) is 24.8 Å². The molecule has 0 aromatic heterocycles. The molecule has 1 aliphatic heterocycles. The van der Waals surface area contributed by atoms with Crippen molar-refractivity contribution in [1.29, 1.82) is 0 Å². The molecular formula is C16H22Cl2N2. The van der Waals surface area contributed by atoms with E-state index in [0.717, 1.165) is 13.1 Å². The molecule has 1 unspecified atom stereocenters. The zero-order valence-electron chi connectivity index (χ0n) is 11.6. The number of halogens is 2. The summed E-state index contributed by atoms with van der Waals surface area (Å²) >= 11 is 0. The molecule has 3 rings (SSSR count). The Balaban J connectivity index is 0.000001000. The van der Waals surface area contributed by atoms with Crippen molar-refractivity contribution in [1.82, 2.24) is 10.6 Å². The Morgan fingerprint density at radius 2 is 1.85 bits per heavy atom. The first-order valence-corrected chi connectivity index (χ1v) is 6.79. The maximum absolute atomic E-state index is 3.72. The normalized spacial score (nSPS) is 19.1. The second-order valence-electron chi connectivity index (χ2n) is 5.15. The number of fused-ring (bicyclic) bond motifs is 1. The third-order valence-corrected chi connectivity index (χ3v) is 3.84. The van der Waals surface area contributed by atoms with Crippen LogP contribution in [0.25, 0.3) is 10.8 Å². The van der Waals surface area contributed by atoms with Crippen molar-refractivity contribution < 1.29 is 0 Å². The van der Waals surface area contributed by atoms with Crippen LogP contribution >= 0.6 is 24.8 Å². The molecule has 0 bridgehead atoms. The molecule has 4 heteroatoms. The minimum atomic E-state index is 0. The van der Waals surface area contributed by atoms with Crippen LogP contribution in [0, 0.1) is 0 Å². The molecular weight excluding hydrogens is 291 g/mol. The molecule has 0 radical (unpaired) electrons. The van der Waals surface area contributed by atoms with Gasteiger partial charge in [0.2, 0.25) is 0 Å². The highest BCUT2D eigenvalue weighted by atomic mass is 35.5. The van der Waals surface area contributed by atoms with Gasteiger partial charge in [0.05, 0.1) is 0 Å². The van der Waals surface area contributed by atoms with Crippen LogP contribution in [0.2, 0.25) is 0 Å². The Labute approximate surface area is 133 Å². The quantitative estimate of drug-likeness (QED) is 0.903. The third kappa shape index (κ3) is 3.64. The second kappa shape index (κ2) is 7.84. The maximum Gasteiger partial charge on any atom is 0.0301 e. The smallest absolute Gasteiger partial charge is 0.0301 e. The zero-order valence-corrected chi connectivity index (χ0v) is 13.3. The van der Waals surface area contributed by atoms with Crippen LogP contribution in [0.5, 0.6) is 0 Å². The minimum Gasteiger partial charge on any atom is -0.315 e. The van der Waals surface area contributed by atoms with E-state index >= 15 is 0 Å². The molecule has 20 heavy (non-hydrogen) atoms. The first-order valence-electron chi connectivity index (χ1n) is 6.79. The lowest BCUT2D eigenvalue weighted by molar-refractivity contribution is 0.480. The molecule has 110 valence electrons. The topological polar surface area (TPSA) is 24.1 Å². The highest BCUT2D eigenvalue weighted by Gasteiger charge is 2.17. The molecule has 2 N–H and O–H groups in total. The van der Waals surface area contributed by atoms with Gasteiger partial charge in [-0.25, -0.2) is 0 Å². The van der Waals surface area contributed by atoms with E-state index in [0.29, 0.717) is 12.1 Å². The lowest BCUT2D eigenvalue weighted by atomic mass is 9.99. The Morgan fingerprint density at radius 3 is 2.60 bits per heavy atom. The fraction of sp³-hybridized carbons (Fsp3) is 0.375. The summed E-state index contributed by atoms with van der Waals surface area (Å²) in [6.07, 6.45) is 1.23. The molecule has 0 amide bonds.